The van der Waals surface area contributed by atoms with Gasteiger partial charge in [0.1, 0.15) is 0 Å². The molecule has 0 atom stereocenters. The zero-order valence-electron chi connectivity index (χ0n) is 9.26. The van der Waals surface area contributed by atoms with E-state index in [9.17, 15) is 9.59 Å². The maximum atomic E-state index is 11.7. The lowest BCUT2D eigenvalue weighted by molar-refractivity contribution is -0.120. The summed E-state index contributed by atoms with van der Waals surface area (Å²) in [4.78, 5) is 24.4. The molecule has 92 valence electrons. The lowest BCUT2D eigenvalue weighted by Gasteiger charge is -2.26. The Bertz CT molecular complexity index is 652. The number of carbonyl (C=O) groups is 2. The van der Waals surface area contributed by atoms with Gasteiger partial charge < -0.3 is 0 Å². The van der Waals surface area contributed by atoms with Crippen LogP contribution >= 0.6 is 15.9 Å². The topological polar surface area (TPSA) is 66.7 Å². The molecule has 1 aliphatic rings. The normalized spacial score (nSPS) is 16.2. The molecule has 0 spiro atoms. The van der Waals surface area contributed by atoms with E-state index in [2.05, 4.69) is 26.3 Å². The first-order chi connectivity index (χ1) is 8.65. The predicted molar refractivity (Wildman–Crippen MR) is 68.4 cm³/mol. The van der Waals surface area contributed by atoms with Gasteiger partial charge in [0.2, 0.25) is 5.91 Å². The first-order valence-corrected chi connectivity index (χ1v) is 6.19. The Hall–Kier alpha value is -1.89. The molecule has 0 aliphatic carbocycles. The quantitative estimate of drug-likeness (QED) is 0.869. The molecule has 2 aromatic rings. The van der Waals surface area contributed by atoms with Gasteiger partial charge in [-0.3, -0.25) is 15.0 Å². The number of hydrogen-bond acceptors (Lipinski definition) is 3. The lowest BCUT2D eigenvalue weighted by Crippen LogP contribution is -2.49. The molecule has 1 saturated heterocycles. The molecule has 7 heteroatoms. The summed E-state index contributed by atoms with van der Waals surface area (Å²) in [6, 6.07) is 3.26. The van der Waals surface area contributed by atoms with Crippen molar-refractivity contribution in [1.29, 1.82) is 0 Å². The molecule has 1 fully saturated rings. The number of amides is 3. The number of anilines is 1. The molecule has 0 saturated carbocycles. The van der Waals surface area contributed by atoms with E-state index < -0.39 is 0 Å². The Morgan fingerprint density at radius 3 is 3.00 bits per heavy atom. The molecule has 3 amide bonds. The third-order valence-electron chi connectivity index (χ3n) is 2.82. The predicted octanol–water partition coefficient (Wildman–Crippen LogP) is 1.54. The van der Waals surface area contributed by atoms with E-state index in [4.69, 9.17) is 0 Å². The largest absolute Gasteiger partial charge is 0.328 e. The van der Waals surface area contributed by atoms with Crippen LogP contribution in [0.5, 0.6) is 0 Å². The van der Waals surface area contributed by atoms with Crippen molar-refractivity contribution in [2.24, 2.45) is 0 Å². The highest BCUT2D eigenvalue weighted by atomic mass is 79.9. The summed E-state index contributed by atoms with van der Waals surface area (Å²) >= 11 is 3.39. The molecule has 0 unspecified atom stereocenters. The van der Waals surface area contributed by atoms with Crippen molar-refractivity contribution in [3.8, 4) is 0 Å². The highest BCUT2D eigenvalue weighted by molar-refractivity contribution is 9.10. The molecule has 3 heterocycles. The van der Waals surface area contributed by atoms with Crippen LogP contribution in [-0.4, -0.2) is 28.1 Å². The highest BCUT2D eigenvalue weighted by Crippen LogP contribution is 2.23. The second-order valence-corrected chi connectivity index (χ2v) is 4.82. The van der Waals surface area contributed by atoms with Crippen molar-refractivity contribution < 1.29 is 9.59 Å². The number of aromatic nitrogens is 2. The summed E-state index contributed by atoms with van der Waals surface area (Å²) < 4.78 is 2.57. The molecular formula is C11H9BrN4O2. The summed E-state index contributed by atoms with van der Waals surface area (Å²) in [5.41, 5.74) is 1.62. The van der Waals surface area contributed by atoms with Crippen LogP contribution < -0.4 is 10.2 Å². The summed E-state index contributed by atoms with van der Waals surface area (Å²) in [5, 5.41) is 6.43. The van der Waals surface area contributed by atoms with Crippen molar-refractivity contribution in [1.82, 2.24) is 14.9 Å². The van der Waals surface area contributed by atoms with E-state index in [0.29, 0.717) is 13.0 Å². The molecule has 0 aromatic carbocycles. The maximum absolute atomic E-state index is 11.7. The number of halogens is 1. The molecule has 0 radical (unpaired) electrons. The van der Waals surface area contributed by atoms with E-state index in [1.165, 1.54) is 0 Å². The number of urea groups is 1. The zero-order valence-corrected chi connectivity index (χ0v) is 10.8. The minimum atomic E-state index is -0.383. The van der Waals surface area contributed by atoms with Gasteiger partial charge in [-0.05, 0) is 28.1 Å². The number of carbonyl (C=O) groups excluding carboxylic acids is 2. The Morgan fingerprint density at radius 2 is 2.22 bits per heavy atom. The van der Waals surface area contributed by atoms with Crippen LogP contribution in [0.15, 0.2) is 29.0 Å². The van der Waals surface area contributed by atoms with Gasteiger partial charge in [-0.1, -0.05) is 0 Å². The number of pyridine rings is 1. The molecule has 3 rings (SSSR count). The third kappa shape index (κ3) is 1.76. The van der Waals surface area contributed by atoms with Crippen molar-refractivity contribution in [2.45, 2.75) is 6.42 Å². The lowest BCUT2D eigenvalue weighted by atomic mass is 10.2. The zero-order chi connectivity index (χ0) is 12.7. The molecule has 6 nitrogen and oxygen atoms in total. The van der Waals surface area contributed by atoms with Crippen LogP contribution in [0, 0.1) is 0 Å². The fourth-order valence-electron chi connectivity index (χ4n) is 1.92. The average molecular weight is 309 g/mol. The maximum Gasteiger partial charge on any atom is 0.328 e. The minimum absolute atomic E-state index is 0.233. The molecular weight excluding hydrogens is 300 g/mol. The number of fused-ring (bicyclic) bond motifs is 1. The standard InChI is InChI=1S/C11H9BrN4O2/c12-8-6-13-16-4-1-7(5-9(8)16)15-3-2-10(17)14-11(15)18/h1,4-6H,2-3H2,(H,14,17,18). The first-order valence-electron chi connectivity index (χ1n) is 5.39. The van der Waals surface area contributed by atoms with Crippen molar-refractivity contribution >= 4 is 39.1 Å². The monoisotopic (exact) mass is 308 g/mol. The van der Waals surface area contributed by atoms with E-state index >= 15 is 0 Å². The third-order valence-corrected chi connectivity index (χ3v) is 3.43. The summed E-state index contributed by atoms with van der Waals surface area (Å²) in [7, 11) is 0. The van der Waals surface area contributed by atoms with Crippen LogP contribution in [0.3, 0.4) is 0 Å². The number of nitrogens with one attached hydrogen (secondary N) is 1. The van der Waals surface area contributed by atoms with Crippen LogP contribution in [0.2, 0.25) is 0 Å². The number of imide groups is 1. The Kier molecular flexibility index (Phi) is 2.55. The van der Waals surface area contributed by atoms with Crippen LogP contribution in [-0.2, 0) is 4.79 Å². The fourth-order valence-corrected chi connectivity index (χ4v) is 2.31. The summed E-state index contributed by atoms with van der Waals surface area (Å²) in [5.74, 6) is -0.233. The van der Waals surface area contributed by atoms with Crippen molar-refractivity contribution in [3.05, 3.63) is 29.0 Å². The van der Waals surface area contributed by atoms with Crippen LogP contribution in [0.1, 0.15) is 6.42 Å². The number of nitrogens with zero attached hydrogens (tertiary/aromatic N) is 3. The van der Waals surface area contributed by atoms with Crippen LogP contribution in [0.25, 0.3) is 5.52 Å². The number of rotatable bonds is 1. The van der Waals surface area contributed by atoms with E-state index in [0.717, 1.165) is 15.7 Å². The van der Waals surface area contributed by atoms with Crippen molar-refractivity contribution in [3.63, 3.8) is 0 Å². The van der Waals surface area contributed by atoms with Gasteiger partial charge in [0, 0.05) is 24.8 Å². The Balaban J connectivity index is 2.01. The van der Waals surface area contributed by atoms with E-state index in [1.807, 2.05) is 6.07 Å². The minimum Gasteiger partial charge on any atom is -0.294 e. The summed E-state index contributed by atoms with van der Waals surface area (Å²) in [6.45, 7) is 0.395. The highest BCUT2D eigenvalue weighted by Gasteiger charge is 2.24. The van der Waals surface area contributed by atoms with Crippen molar-refractivity contribution in [2.75, 3.05) is 11.4 Å². The molecule has 2 aromatic heterocycles. The van der Waals surface area contributed by atoms with Gasteiger partial charge in [-0.2, -0.15) is 5.10 Å². The smallest absolute Gasteiger partial charge is 0.294 e. The first kappa shape index (κ1) is 11.2. The van der Waals surface area contributed by atoms with Gasteiger partial charge >= 0.3 is 6.03 Å². The second-order valence-electron chi connectivity index (χ2n) is 3.96. The summed E-state index contributed by atoms with van der Waals surface area (Å²) in [6.07, 6.45) is 3.79. The Morgan fingerprint density at radius 1 is 1.39 bits per heavy atom. The van der Waals surface area contributed by atoms with Gasteiger partial charge in [0.05, 0.1) is 16.2 Å². The average Bonchev–Trinajstić information content (AvgIpc) is 2.71. The fraction of sp³-hybridized carbons (Fsp3) is 0.182. The Labute approximate surface area is 111 Å². The molecule has 18 heavy (non-hydrogen) atoms. The van der Waals surface area contributed by atoms with E-state index in [-0.39, 0.29) is 11.9 Å². The van der Waals surface area contributed by atoms with Crippen LogP contribution in [0.4, 0.5) is 10.5 Å². The van der Waals surface area contributed by atoms with Gasteiger partial charge in [-0.25, -0.2) is 9.31 Å². The van der Waals surface area contributed by atoms with Gasteiger partial charge in [0.25, 0.3) is 0 Å². The SMILES string of the molecule is O=C1CCN(c2ccn3ncc(Br)c3c2)C(=O)N1. The van der Waals surface area contributed by atoms with Gasteiger partial charge in [0.15, 0.2) is 0 Å². The number of hydrogen-bond donors (Lipinski definition) is 1. The molecule has 1 N–H and O–H groups in total. The van der Waals surface area contributed by atoms with E-state index in [1.54, 1.807) is 27.9 Å². The second kappa shape index (κ2) is 4.09. The molecule has 1 aliphatic heterocycles. The van der Waals surface area contributed by atoms with Gasteiger partial charge in [-0.15, -0.1) is 0 Å². The molecule has 0 bridgehead atoms.